The summed E-state index contributed by atoms with van der Waals surface area (Å²) in [5, 5.41) is 14.4. The molecule has 0 atom stereocenters. The molecule has 0 spiro atoms. The Bertz CT molecular complexity index is 164. The van der Waals surface area contributed by atoms with Crippen LogP contribution in [0.25, 0.3) is 0 Å². The molecule has 4 heteroatoms. The Kier molecular flexibility index (Phi) is 6.49. The highest BCUT2D eigenvalue weighted by Gasteiger charge is 2.10. The maximum atomic E-state index is 11.2. The predicted octanol–water partition coefficient (Wildman–Crippen LogP) is 0.263. The maximum Gasteiger partial charge on any atom is 0.233 e. The zero-order valence-electron chi connectivity index (χ0n) is 9.39. The van der Waals surface area contributed by atoms with E-state index >= 15 is 0 Å². The first kappa shape index (κ1) is 13.4. The second-order valence-corrected chi connectivity index (χ2v) is 4.38. The van der Waals surface area contributed by atoms with Gasteiger partial charge in [-0.2, -0.15) is 0 Å². The molecule has 0 fully saturated rings. The van der Waals surface area contributed by atoms with Crippen LogP contribution in [-0.4, -0.2) is 36.2 Å². The van der Waals surface area contributed by atoms with E-state index in [1.807, 2.05) is 20.8 Å². The molecule has 1 amide bonds. The minimum Gasteiger partial charge on any atom is -0.396 e. The molecule has 0 rings (SSSR count). The summed E-state index contributed by atoms with van der Waals surface area (Å²) in [6, 6.07) is 0. The number of hydrogen-bond acceptors (Lipinski definition) is 3. The molecule has 0 aromatic rings. The SMILES string of the molecule is CC(C)(C)NCC(=O)NCCCCO. The predicted molar refractivity (Wildman–Crippen MR) is 57.1 cm³/mol. The van der Waals surface area contributed by atoms with E-state index in [0.717, 1.165) is 12.8 Å². The Balaban J connectivity index is 3.38. The number of rotatable bonds is 6. The van der Waals surface area contributed by atoms with Crippen molar-refractivity contribution in [2.45, 2.75) is 39.2 Å². The monoisotopic (exact) mass is 202 g/mol. The average molecular weight is 202 g/mol. The largest absolute Gasteiger partial charge is 0.396 e. The van der Waals surface area contributed by atoms with E-state index < -0.39 is 0 Å². The molecule has 0 aromatic heterocycles. The Morgan fingerprint density at radius 3 is 2.43 bits per heavy atom. The molecule has 84 valence electrons. The number of carbonyl (C=O) groups is 1. The minimum atomic E-state index is -0.0254. The first-order chi connectivity index (χ1) is 6.45. The van der Waals surface area contributed by atoms with Crippen molar-refractivity contribution in [3.63, 3.8) is 0 Å². The summed E-state index contributed by atoms with van der Waals surface area (Å²) >= 11 is 0. The smallest absolute Gasteiger partial charge is 0.233 e. The molecule has 0 aromatic carbocycles. The van der Waals surface area contributed by atoms with E-state index in [1.54, 1.807) is 0 Å². The minimum absolute atomic E-state index is 0.0119. The lowest BCUT2D eigenvalue weighted by Gasteiger charge is -2.19. The fourth-order valence-corrected chi connectivity index (χ4v) is 0.873. The van der Waals surface area contributed by atoms with Crippen LogP contribution >= 0.6 is 0 Å². The quantitative estimate of drug-likeness (QED) is 0.542. The summed E-state index contributed by atoms with van der Waals surface area (Å²) in [6.07, 6.45) is 1.57. The van der Waals surface area contributed by atoms with Gasteiger partial charge in [0.15, 0.2) is 0 Å². The summed E-state index contributed by atoms with van der Waals surface area (Å²) in [7, 11) is 0. The van der Waals surface area contributed by atoms with E-state index in [4.69, 9.17) is 5.11 Å². The molecular formula is C10H22N2O2. The number of hydrogen-bond donors (Lipinski definition) is 3. The third kappa shape index (κ3) is 9.48. The zero-order valence-corrected chi connectivity index (χ0v) is 9.39. The fourth-order valence-electron chi connectivity index (χ4n) is 0.873. The summed E-state index contributed by atoms with van der Waals surface area (Å²) in [4.78, 5) is 11.2. The van der Waals surface area contributed by atoms with E-state index in [1.165, 1.54) is 0 Å². The maximum absolute atomic E-state index is 11.2. The van der Waals surface area contributed by atoms with Crippen LogP contribution in [0.5, 0.6) is 0 Å². The lowest BCUT2D eigenvalue weighted by atomic mass is 10.1. The Morgan fingerprint density at radius 1 is 1.29 bits per heavy atom. The van der Waals surface area contributed by atoms with E-state index in [-0.39, 0.29) is 18.1 Å². The fraction of sp³-hybridized carbons (Fsp3) is 0.900. The van der Waals surface area contributed by atoms with Crippen LogP contribution in [0.15, 0.2) is 0 Å². The van der Waals surface area contributed by atoms with Gasteiger partial charge in [0, 0.05) is 18.7 Å². The summed E-state index contributed by atoms with van der Waals surface area (Å²) in [6.45, 7) is 7.24. The molecule has 0 saturated carbocycles. The van der Waals surface area contributed by atoms with Crippen molar-refractivity contribution in [1.82, 2.24) is 10.6 Å². The Morgan fingerprint density at radius 2 is 1.93 bits per heavy atom. The number of amides is 1. The average Bonchev–Trinajstić information content (AvgIpc) is 2.08. The van der Waals surface area contributed by atoms with Crippen LogP contribution in [0.4, 0.5) is 0 Å². The number of nitrogens with one attached hydrogen (secondary N) is 2. The zero-order chi connectivity index (χ0) is 11.0. The van der Waals surface area contributed by atoms with Gasteiger partial charge in [-0.05, 0) is 33.6 Å². The highest BCUT2D eigenvalue weighted by Crippen LogP contribution is 1.96. The van der Waals surface area contributed by atoms with Crippen LogP contribution in [-0.2, 0) is 4.79 Å². The highest BCUT2D eigenvalue weighted by molar-refractivity contribution is 5.78. The first-order valence-corrected chi connectivity index (χ1v) is 5.08. The first-order valence-electron chi connectivity index (χ1n) is 5.08. The molecule has 0 saturated heterocycles. The van der Waals surface area contributed by atoms with Crippen molar-refractivity contribution >= 4 is 5.91 Å². The van der Waals surface area contributed by atoms with E-state index in [9.17, 15) is 4.79 Å². The van der Waals surface area contributed by atoms with Gasteiger partial charge in [0.2, 0.25) is 5.91 Å². The molecule has 0 radical (unpaired) electrons. The summed E-state index contributed by atoms with van der Waals surface area (Å²) < 4.78 is 0. The van der Waals surface area contributed by atoms with Crippen molar-refractivity contribution in [3.8, 4) is 0 Å². The normalized spacial score (nSPS) is 11.4. The number of aliphatic hydroxyl groups excluding tert-OH is 1. The second kappa shape index (κ2) is 6.79. The third-order valence-electron chi connectivity index (χ3n) is 1.69. The standard InChI is InChI=1S/C10H22N2O2/c1-10(2,3)12-8-9(14)11-6-4-5-7-13/h12-13H,4-8H2,1-3H3,(H,11,14). The molecule has 0 aliphatic rings. The lowest BCUT2D eigenvalue weighted by molar-refractivity contribution is -0.120. The van der Waals surface area contributed by atoms with Gasteiger partial charge in [0.1, 0.15) is 0 Å². The van der Waals surface area contributed by atoms with Crippen LogP contribution in [0.3, 0.4) is 0 Å². The van der Waals surface area contributed by atoms with E-state index in [0.29, 0.717) is 13.1 Å². The molecule has 3 N–H and O–H groups in total. The van der Waals surface area contributed by atoms with Crippen molar-refractivity contribution < 1.29 is 9.90 Å². The van der Waals surface area contributed by atoms with Gasteiger partial charge in [-0.15, -0.1) is 0 Å². The second-order valence-electron chi connectivity index (χ2n) is 4.38. The third-order valence-corrected chi connectivity index (χ3v) is 1.69. The Labute approximate surface area is 86.1 Å². The summed E-state index contributed by atoms with van der Waals surface area (Å²) in [5.74, 6) is 0.0119. The topological polar surface area (TPSA) is 61.4 Å². The number of unbranched alkanes of at least 4 members (excludes halogenated alkanes) is 1. The van der Waals surface area contributed by atoms with Crippen molar-refractivity contribution in [1.29, 1.82) is 0 Å². The van der Waals surface area contributed by atoms with E-state index in [2.05, 4.69) is 10.6 Å². The van der Waals surface area contributed by atoms with Gasteiger partial charge < -0.3 is 15.7 Å². The molecule has 0 unspecified atom stereocenters. The highest BCUT2D eigenvalue weighted by atomic mass is 16.2. The molecule has 0 aliphatic carbocycles. The summed E-state index contributed by atoms with van der Waals surface area (Å²) in [5.41, 5.74) is -0.0254. The van der Waals surface area contributed by atoms with Gasteiger partial charge in [0.05, 0.1) is 6.54 Å². The van der Waals surface area contributed by atoms with Gasteiger partial charge in [-0.3, -0.25) is 4.79 Å². The van der Waals surface area contributed by atoms with Crippen LogP contribution in [0.1, 0.15) is 33.6 Å². The lowest BCUT2D eigenvalue weighted by Crippen LogP contribution is -2.43. The molecule has 0 bridgehead atoms. The van der Waals surface area contributed by atoms with Gasteiger partial charge in [-0.1, -0.05) is 0 Å². The van der Waals surface area contributed by atoms with Gasteiger partial charge in [0.25, 0.3) is 0 Å². The molecule has 14 heavy (non-hydrogen) atoms. The van der Waals surface area contributed by atoms with Crippen molar-refractivity contribution in [2.24, 2.45) is 0 Å². The van der Waals surface area contributed by atoms with Gasteiger partial charge >= 0.3 is 0 Å². The van der Waals surface area contributed by atoms with Crippen LogP contribution in [0.2, 0.25) is 0 Å². The van der Waals surface area contributed by atoms with Crippen molar-refractivity contribution in [3.05, 3.63) is 0 Å². The Hall–Kier alpha value is -0.610. The van der Waals surface area contributed by atoms with Gasteiger partial charge in [-0.25, -0.2) is 0 Å². The number of aliphatic hydroxyl groups is 1. The number of carbonyl (C=O) groups excluding carboxylic acids is 1. The van der Waals surface area contributed by atoms with Crippen LogP contribution in [0, 0.1) is 0 Å². The molecular weight excluding hydrogens is 180 g/mol. The molecule has 0 aliphatic heterocycles. The van der Waals surface area contributed by atoms with Crippen LogP contribution < -0.4 is 10.6 Å². The molecule has 4 nitrogen and oxygen atoms in total. The van der Waals surface area contributed by atoms with Crippen molar-refractivity contribution in [2.75, 3.05) is 19.7 Å². The molecule has 0 heterocycles.